The molecule has 2 aromatic rings. The summed E-state index contributed by atoms with van der Waals surface area (Å²) in [4.78, 5) is 28.3. The van der Waals surface area contributed by atoms with Crippen LogP contribution in [-0.2, 0) is 26.2 Å². The lowest BCUT2D eigenvalue weighted by atomic mass is 10.0. The van der Waals surface area contributed by atoms with Gasteiger partial charge < -0.3 is 10.2 Å². The Bertz CT molecular complexity index is 1260. The van der Waals surface area contributed by atoms with Gasteiger partial charge in [0.1, 0.15) is 6.04 Å². The van der Waals surface area contributed by atoms with Gasteiger partial charge in [-0.1, -0.05) is 48.3 Å². The summed E-state index contributed by atoms with van der Waals surface area (Å²) < 4.78 is 26.6. The van der Waals surface area contributed by atoms with Gasteiger partial charge in [0.25, 0.3) is 0 Å². The number of hydrogen-bond acceptors (Lipinski definition) is 4. The molecule has 210 valence electrons. The minimum Gasteiger partial charge on any atom is -0.350 e. The van der Waals surface area contributed by atoms with E-state index in [0.29, 0.717) is 22.2 Å². The molecule has 7 nitrogen and oxygen atoms in total. The molecule has 0 saturated heterocycles. The van der Waals surface area contributed by atoms with Crippen LogP contribution in [0.4, 0.5) is 5.69 Å². The van der Waals surface area contributed by atoms with E-state index in [9.17, 15) is 18.0 Å². The Morgan fingerprint density at radius 1 is 1.05 bits per heavy atom. The first kappa shape index (κ1) is 31.9. The second kappa shape index (κ2) is 13.2. The zero-order valence-electron chi connectivity index (χ0n) is 23.3. The van der Waals surface area contributed by atoms with Crippen LogP contribution in [-0.4, -0.2) is 49.5 Å². The first-order valence-corrected chi connectivity index (χ1v) is 15.2. The highest BCUT2D eigenvalue weighted by atomic mass is 35.5. The van der Waals surface area contributed by atoms with Gasteiger partial charge in [-0.3, -0.25) is 13.9 Å². The minimum absolute atomic E-state index is 0.0670. The van der Waals surface area contributed by atoms with Gasteiger partial charge >= 0.3 is 0 Å². The number of aryl methyl sites for hydroxylation is 1. The number of benzene rings is 2. The number of halogens is 2. The summed E-state index contributed by atoms with van der Waals surface area (Å²) >= 11 is 12.3. The molecule has 0 heterocycles. The van der Waals surface area contributed by atoms with Crippen molar-refractivity contribution in [2.45, 2.75) is 78.9 Å². The fourth-order valence-electron chi connectivity index (χ4n) is 4.20. The number of sulfonamides is 1. The summed E-state index contributed by atoms with van der Waals surface area (Å²) in [6.07, 6.45) is 1.93. The Hall–Kier alpha value is -2.29. The molecule has 10 heteroatoms. The Morgan fingerprint density at radius 2 is 1.71 bits per heavy atom. The maximum Gasteiger partial charge on any atom is 0.243 e. The molecule has 0 aliphatic carbocycles. The summed E-state index contributed by atoms with van der Waals surface area (Å²) in [5.41, 5.74) is 2.72. The summed E-state index contributed by atoms with van der Waals surface area (Å²) in [7, 11) is -3.57. The van der Waals surface area contributed by atoms with Crippen molar-refractivity contribution in [3.05, 3.63) is 63.1 Å². The number of amides is 2. The fourth-order valence-corrected chi connectivity index (χ4v) is 5.53. The zero-order valence-corrected chi connectivity index (χ0v) is 25.6. The highest BCUT2D eigenvalue weighted by molar-refractivity contribution is 7.92. The van der Waals surface area contributed by atoms with E-state index in [2.05, 4.69) is 5.32 Å². The smallest absolute Gasteiger partial charge is 0.243 e. The van der Waals surface area contributed by atoms with Gasteiger partial charge in [0.2, 0.25) is 21.8 Å². The van der Waals surface area contributed by atoms with E-state index in [1.807, 2.05) is 53.7 Å². The van der Waals surface area contributed by atoms with E-state index >= 15 is 0 Å². The second-order valence-electron chi connectivity index (χ2n) is 10.6. The lowest BCUT2D eigenvalue weighted by Gasteiger charge is -2.33. The SMILES string of the molecule is CCC(C(=O)NC(C)(C)C)N(Cc1ccc(Cl)c(Cl)c1)C(=O)CCCN(c1cccc(C)c1C)S(C)(=O)=O. The maximum atomic E-state index is 13.6. The van der Waals surface area contributed by atoms with E-state index in [4.69, 9.17) is 23.2 Å². The number of carbonyl (C=O) groups excluding carboxylic acids is 2. The van der Waals surface area contributed by atoms with Crippen LogP contribution >= 0.6 is 23.2 Å². The Kier molecular flexibility index (Phi) is 11.1. The second-order valence-corrected chi connectivity index (χ2v) is 13.3. The monoisotopic (exact) mass is 583 g/mol. The van der Waals surface area contributed by atoms with Crippen LogP contribution in [0.1, 0.15) is 63.6 Å². The van der Waals surface area contributed by atoms with E-state index in [0.717, 1.165) is 22.9 Å². The molecule has 0 spiro atoms. The fraction of sp³-hybridized carbons (Fsp3) is 0.500. The van der Waals surface area contributed by atoms with E-state index < -0.39 is 21.6 Å². The van der Waals surface area contributed by atoms with Crippen molar-refractivity contribution in [1.29, 1.82) is 0 Å². The Balaban J connectivity index is 2.30. The third-order valence-electron chi connectivity index (χ3n) is 6.22. The van der Waals surface area contributed by atoms with E-state index in [-0.39, 0.29) is 37.7 Å². The quantitative estimate of drug-likeness (QED) is 0.358. The third kappa shape index (κ3) is 8.89. The molecular formula is C28H39Cl2N3O4S. The number of anilines is 1. The van der Waals surface area contributed by atoms with Crippen molar-refractivity contribution in [3.8, 4) is 0 Å². The molecule has 2 aromatic carbocycles. The van der Waals surface area contributed by atoms with Crippen LogP contribution in [0.25, 0.3) is 0 Å². The van der Waals surface area contributed by atoms with Gasteiger partial charge in [0.05, 0.1) is 22.0 Å². The molecule has 0 saturated carbocycles. The van der Waals surface area contributed by atoms with Crippen molar-refractivity contribution >= 4 is 50.7 Å². The van der Waals surface area contributed by atoms with Gasteiger partial charge in [-0.15, -0.1) is 0 Å². The molecule has 38 heavy (non-hydrogen) atoms. The zero-order chi connectivity index (χ0) is 28.8. The first-order valence-electron chi connectivity index (χ1n) is 12.6. The number of rotatable bonds is 11. The van der Waals surface area contributed by atoms with E-state index in [1.54, 1.807) is 29.2 Å². The van der Waals surface area contributed by atoms with E-state index in [1.165, 1.54) is 4.31 Å². The van der Waals surface area contributed by atoms with Crippen LogP contribution in [0, 0.1) is 13.8 Å². The predicted molar refractivity (Wildman–Crippen MR) is 156 cm³/mol. The molecule has 1 N–H and O–H groups in total. The molecular weight excluding hydrogens is 545 g/mol. The lowest BCUT2D eigenvalue weighted by Crippen LogP contribution is -2.53. The average Bonchev–Trinajstić information content (AvgIpc) is 2.79. The number of nitrogens with zero attached hydrogens (tertiary/aromatic N) is 2. The van der Waals surface area contributed by atoms with Crippen LogP contribution in [0.2, 0.25) is 10.0 Å². The normalized spacial score (nSPS) is 12.7. The molecule has 0 aliphatic rings. The first-order chi connectivity index (χ1) is 17.5. The highest BCUT2D eigenvalue weighted by Crippen LogP contribution is 2.27. The standard InChI is InChI=1S/C28H39Cl2N3O4S/c1-8-24(27(35)31-28(4,5)6)32(18-21-14-15-22(29)23(30)17-21)26(34)13-10-16-33(38(7,36)37)25-12-9-11-19(2)20(25)3/h9,11-12,14-15,17,24H,8,10,13,16,18H2,1-7H3,(H,31,35). The average molecular weight is 585 g/mol. The Labute approximate surface area is 237 Å². The number of hydrogen-bond donors (Lipinski definition) is 1. The summed E-state index contributed by atoms with van der Waals surface area (Å²) in [5, 5.41) is 3.73. The maximum absolute atomic E-state index is 13.6. The topological polar surface area (TPSA) is 86.8 Å². The van der Waals surface area contributed by atoms with Crippen LogP contribution in [0.5, 0.6) is 0 Å². The van der Waals surface area contributed by atoms with Crippen LogP contribution in [0.3, 0.4) is 0 Å². The van der Waals surface area contributed by atoms with Gasteiger partial charge in [-0.25, -0.2) is 8.42 Å². The van der Waals surface area contributed by atoms with Crippen molar-refractivity contribution in [2.75, 3.05) is 17.1 Å². The molecule has 0 fully saturated rings. The molecule has 0 aliphatic heterocycles. The lowest BCUT2D eigenvalue weighted by molar-refractivity contribution is -0.142. The minimum atomic E-state index is -3.57. The molecule has 1 unspecified atom stereocenters. The van der Waals surface area contributed by atoms with Gasteiger partial charge in [0, 0.05) is 25.0 Å². The van der Waals surface area contributed by atoms with Crippen molar-refractivity contribution in [2.24, 2.45) is 0 Å². The van der Waals surface area contributed by atoms with Crippen LogP contribution in [0.15, 0.2) is 36.4 Å². The molecule has 0 bridgehead atoms. The van der Waals surface area contributed by atoms with Crippen molar-refractivity contribution in [3.63, 3.8) is 0 Å². The van der Waals surface area contributed by atoms with Crippen molar-refractivity contribution < 1.29 is 18.0 Å². The van der Waals surface area contributed by atoms with Crippen molar-refractivity contribution in [1.82, 2.24) is 10.2 Å². The highest BCUT2D eigenvalue weighted by Gasteiger charge is 2.31. The molecule has 1 atom stereocenters. The van der Waals surface area contributed by atoms with Crippen LogP contribution < -0.4 is 9.62 Å². The molecule has 2 amide bonds. The molecule has 0 aromatic heterocycles. The number of carbonyl (C=O) groups is 2. The summed E-state index contributed by atoms with van der Waals surface area (Å²) in [6, 6.07) is 9.93. The van der Waals surface area contributed by atoms with Gasteiger partial charge in [-0.2, -0.15) is 0 Å². The molecule has 2 rings (SSSR count). The Morgan fingerprint density at radius 3 is 2.26 bits per heavy atom. The number of nitrogens with one attached hydrogen (secondary N) is 1. The molecule has 0 radical (unpaired) electrons. The summed E-state index contributed by atoms with van der Waals surface area (Å²) in [5.74, 6) is -0.497. The van der Waals surface area contributed by atoms with Gasteiger partial charge in [-0.05, 0) is 82.3 Å². The van der Waals surface area contributed by atoms with Gasteiger partial charge in [0.15, 0.2) is 0 Å². The predicted octanol–water partition coefficient (Wildman–Crippen LogP) is 5.88. The largest absolute Gasteiger partial charge is 0.350 e. The summed E-state index contributed by atoms with van der Waals surface area (Å²) in [6.45, 7) is 11.6. The third-order valence-corrected chi connectivity index (χ3v) is 8.14.